The van der Waals surface area contributed by atoms with Gasteiger partial charge in [0.05, 0.1) is 6.10 Å². The number of hydrogen-bond donors (Lipinski definition) is 2. The molecule has 2 fully saturated rings. The smallest absolute Gasteiger partial charge is 0.324 e. The number of aliphatic hydroxyl groups excluding tert-OH is 1. The molecule has 2 rings (SSSR count). The predicted molar refractivity (Wildman–Crippen MR) is 53.6 cm³/mol. The number of rotatable bonds is 1. The van der Waals surface area contributed by atoms with E-state index >= 15 is 0 Å². The molecule has 1 aliphatic heterocycles. The molecule has 0 aromatic carbocycles. The first-order chi connectivity index (χ1) is 7.20. The van der Waals surface area contributed by atoms with E-state index in [0.29, 0.717) is 0 Å². The largest absolute Gasteiger partial charge is 0.480 e. The molecule has 2 aliphatic rings. The molecule has 3 atom stereocenters. The zero-order chi connectivity index (χ0) is 12.4. The number of carbonyl (C=O) groups excluding carboxylic acids is 1. The van der Waals surface area contributed by atoms with Gasteiger partial charge in [0.2, 0.25) is 0 Å². The van der Waals surface area contributed by atoms with Crippen LogP contribution in [0.3, 0.4) is 0 Å². The molecular weight excluding hydrogens is 212 g/mol. The Balaban J connectivity index is 2.64. The van der Waals surface area contributed by atoms with Crippen LogP contribution in [0.2, 0.25) is 0 Å². The van der Waals surface area contributed by atoms with E-state index in [1.807, 2.05) is 0 Å². The van der Waals surface area contributed by atoms with Gasteiger partial charge < -0.3 is 14.9 Å². The van der Waals surface area contributed by atoms with Crippen molar-refractivity contribution in [1.29, 1.82) is 0 Å². The Morgan fingerprint density at radius 2 is 2.00 bits per heavy atom. The van der Waals surface area contributed by atoms with Crippen LogP contribution in [-0.4, -0.2) is 33.9 Å². The summed E-state index contributed by atoms with van der Waals surface area (Å²) < 4.78 is 5.20. The van der Waals surface area contributed by atoms with Crippen LogP contribution in [0.4, 0.5) is 0 Å². The molecule has 5 nitrogen and oxygen atoms in total. The van der Waals surface area contributed by atoms with Crippen molar-refractivity contribution in [3.63, 3.8) is 0 Å². The second-order valence-electron chi connectivity index (χ2n) is 5.39. The lowest BCUT2D eigenvalue weighted by Crippen LogP contribution is -2.60. The van der Waals surface area contributed by atoms with Gasteiger partial charge in [-0.2, -0.15) is 0 Å². The van der Waals surface area contributed by atoms with Crippen molar-refractivity contribution >= 4 is 11.9 Å². The number of esters is 1. The third kappa shape index (κ3) is 0.867. The first kappa shape index (κ1) is 11.4. The van der Waals surface area contributed by atoms with Crippen molar-refractivity contribution in [2.24, 2.45) is 10.8 Å². The molecule has 1 heterocycles. The van der Waals surface area contributed by atoms with E-state index in [1.165, 1.54) is 0 Å². The highest BCUT2D eigenvalue weighted by Gasteiger charge is 2.76. The van der Waals surface area contributed by atoms with Crippen LogP contribution in [0, 0.1) is 10.8 Å². The normalized spacial score (nSPS) is 45.2. The monoisotopic (exact) mass is 228 g/mol. The van der Waals surface area contributed by atoms with Crippen molar-refractivity contribution < 1.29 is 24.5 Å². The van der Waals surface area contributed by atoms with E-state index in [2.05, 4.69) is 0 Å². The van der Waals surface area contributed by atoms with Crippen molar-refractivity contribution in [2.75, 3.05) is 0 Å². The van der Waals surface area contributed by atoms with Crippen molar-refractivity contribution in [3.05, 3.63) is 0 Å². The Labute approximate surface area is 93.4 Å². The van der Waals surface area contributed by atoms with Crippen LogP contribution in [0.25, 0.3) is 0 Å². The summed E-state index contributed by atoms with van der Waals surface area (Å²) in [6, 6.07) is 0. The molecule has 1 saturated carbocycles. The zero-order valence-electron chi connectivity index (χ0n) is 9.61. The van der Waals surface area contributed by atoms with Crippen LogP contribution in [0.15, 0.2) is 0 Å². The molecule has 2 bridgehead atoms. The maximum absolute atomic E-state index is 11.9. The van der Waals surface area contributed by atoms with Gasteiger partial charge in [0, 0.05) is 5.41 Å². The average Bonchev–Trinajstić information content (AvgIpc) is 2.25. The summed E-state index contributed by atoms with van der Waals surface area (Å²) in [6.07, 6.45) is -0.399. The number of carbonyl (C=O) groups is 2. The van der Waals surface area contributed by atoms with Gasteiger partial charge in [-0.15, -0.1) is 0 Å². The van der Waals surface area contributed by atoms with Crippen molar-refractivity contribution in [2.45, 2.75) is 45.3 Å². The van der Waals surface area contributed by atoms with E-state index < -0.39 is 34.5 Å². The third-order valence-electron chi connectivity index (χ3n) is 4.75. The van der Waals surface area contributed by atoms with Gasteiger partial charge in [-0.05, 0) is 19.8 Å². The lowest BCUT2D eigenvalue weighted by atomic mass is 9.53. The van der Waals surface area contributed by atoms with Crippen molar-refractivity contribution in [3.8, 4) is 0 Å². The number of ether oxygens (including phenoxy) is 1. The Morgan fingerprint density at radius 1 is 1.44 bits per heavy atom. The van der Waals surface area contributed by atoms with Gasteiger partial charge in [0.25, 0.3) is 0 Å². The molecule has 0 unspecified atom stereocenters. The summed E-state index contributed by atoms with van der Waals surface area (Å²) in [4.78, 5) is 23.3. The molecule has 5 heteroatoms. The van der Waals surface area contributed by atoms with E-state index in [0.717, 1.165) is 0 Å². The topological polar surface area (TPSA) is 83.8 Å². The van der Waals surface area contributed by atoms with Gasteiger partial charge in [0.1, 0.15) is 5.60 Å². The van der Waals surface area contributed by atoms with Gasteiger partial charge in [-0.3, -0.25) is 9.59 Å². The summed E-state index contributed by atoms with van der Waals surface area (Å²) >= 11 is 0. The SMILES string of the molecule is CC1(C)[C@]2(C(=O)O)CC[C@H](O)[C@]1(C)OC2=O. The third-order valence-corrected chi connectivity index (χ3v) is 4.75. The fourth-order valence-electron chi connectivity index (χ4n) is 3.08. The Morgan fingerprint density at radius 3 is 2.50 bits per heavy atom. The quantitative estimate of drug-likeness (QED) is 0.506. The molecule has 16 heavy (non-hydrogen) atoms. The standard InChI is InChI=1S/C11H16O5/c1-9(2)10(3)6(12)4-5-11(9,7(13)14)8(15)16-10/h6,12H,4-5H2,1-3H3,(H,13,14)/t6-,10-,11-/m0/s1. The molecule has 1 saturated heterocycles. The van der Waals surface area contributed by atoms with Crippen LogP contribution in [0.1, 0.15) is 33.6 Å². The summed E-state index contributed by atoms with van der Waals surface area (Å²) in [7, 11) is 0. The van der Waals surface area contributed by atoms with Gasteiger partial charge in [-0.1, -0.05) is 13.8 Å². The predicted octanol–water partition coefficient (Wildman–Crippen LogP) is 0.554. The fraction of sp³-hybridized carbons (Fsp3) is 0.818. The van der Waals surface area contributed by atoms with Gasteiger partial charge >= 0.3 is 11.9 Å². The molecule has 90 valence electrons. The van der Waals surface area contributed by atoms with E-state index in [9.17, 15) is 19.8 Å². The summed E-state index contributed by atoms with van der Waals surface area (Å²) in [5.41, 5.74) is -3.54. The number of carboxylic acids is 1. The minimum absolute atomic E-state index is 0.130. The number of fused-ring (bicyclic) bond motifs is 2. The molecule has 0 aromatic heterocycles. The van der Waals surface area contributed by atoms with E-state index in [4.69, 9.17) is 4.74 Å². The highest BCUT2D eigenvalue weighted by atomic mass is 16.6. The van der Waals surface area contributed by atoms with Crippen molar-refractivity contribution in [1.82, 2.24) is 0 Å². The molecule has 0 spiro atoms. The second-order valence-corrected chi connectivity index (χ2v) is 5.39. The molecule has 1 aliphatic carbocycles. The maximum atomic E-state index is 11.9. The first-order valence-corrected chi connectivity index (χ1v) is 5.35. The summed E-state index contributed by atoms with van der Waals surface area (Å²) in [6.45, 7) is 4.96. The molecule has 0 amide bonds. The fourth-order valence-corrected chi connectivity index (χ4v) is 3.08. The summed E-state index contributed by atoms with van der Waals surface area (Å²) in [5, 5.41) is 19.3. The first-order valence-electron chi connectivity index (χ1n) is 5.35. The van der Waals surface area contributed by atoms with Gasteiger partial charge in [0.15, 0.2) is 5.41 Å². The number of carboxylic acid groups (broad SMARTS) is 1. The molecule has 2 N–H and O–H groups in total. The van der Waals surface area contributed by atoms with E-state index in [-0.39, 0.29) is 12.8 Å². The minimum Gasteiger partial charge on any atom is -0.480 e. The lowest BCUT2D eigenvalue weighted by Gasteiger charge is -2.48. The number of aliphatic hydroxyl groups is 1. The second kappa shape index (κ2) is 2.77. The van der Waals surface area contributed by atoms with Crippen LogP contribution in [0.5, 0.6) is 0 Å². The molecule has 0 aromatic rings. The maximum Gasteiger partial charge on any atom is 0.324 e. The molecular formula is C11H16O5. The number of aliphatic carboxylic acids is 1. The average molecular weight is 228 g/mol. The Hall–Kier alpha value is -1.10. The Bertz CT molecular complexity index is 375. The highest BCUT2D eigenvalue weighted by molar-refractivity contribution is 6.02. The van der Waals surface area contributed by atoms with Crippen LogP contribution >= 0.6 is 0 Å². The minimum atomic E-state index is -1.51. The van der Waals surface area contributed by atoms with Gasteiger partial charge in [-0.25, -0.2) is 0 Å². The number of hydrogen-bond acceptors (Lipinski definition) is 4. The zero-order valence-corrected chi connectivity index (χ0v) is 9.61. The van der Waals surface area contributed by atoms with Crippen LogP contribution < -0.4 is 0 Å². The van der Waals surface area contributed by atoms with E-state index in [1.54, 1.807) is 20.8 Å². The summed E-state index contributed by atoms with van der Waals surface area (Å²) in [5.74, 6) is -1.87. The highest BCUT2D eigenvalue weighted by Crippen LogP contribution is 2.62. The molecule has 0 radical (unpaired) electrons. The van der Waals surface area contributed by atoms with Crippen LogP contribution in [-0.2, 0) is 14.3 Å². The lowest BCUT2D eigenvalue weighted by molar-refractivity contribution is -0.171. The Kier molecular flexibility index (Phi) is 1.97.